The molecule has 1 heterocycles. The predicted octanol–water partition coefficient (Wildman–Crippen LogP) is 6.19. The third-order valence-electron chi connectivity index (χ3n) is 5.80. The van der Waals surface area contributed by atoms with Crippen LogP contribution in [0.4, 0.5) is 13.2 Å². The van der Waals surface area contributed by atoms with Crippen molar-refractivity contribution < 1.29 is 31.9 Å². The number of ether oxygens (including phenoxy) is 2. The highest BCUT2D eigenvalue weighted by molar-refractivity contribution is 5.74. The van der Waals surface area contributed by atoms with E-state index in [9.17, 15) is 18.0 Å². The maximum absolute atomic E-state index is 13.7. The second-order valence-corrected chi connectivity index (χ2v) is 8.00. The molecule has 170 valence electrons. The Bertz CT molecular complexity index is 1100. The van der Waals surface area contributed by atoms with Crippen molar-refractivity contribution in [1.82, 2.24) is 4.98 Å². The van der Waals surface area contributed by atoms with Gasteiger partial charge in [-0.25, -0.2) is 4.98 Å². The van der Waals surface area contributed by atoms with Crippen LogP contribution in [-0.2, 0) is 28.7 Å². The van der Waals surface area contributed by atoms with Gasteiger partial charge in [0.2, 0.25) is 0 Å². The van der Waals surface area contributed by atoms with E-state index in [2.05, 4.69) is 9.72 Å². The van der Waals surface area contributed by atoms with Gasteiger partial charge in [0.1, 0.15) is 17.9 Å². The summed E-state index contributed by atoms with van der Waals surface area (Å²) in [5, 5.41) is 0. The molecular formula is C24H24F3NO4. The molecule has 4 rings (SSSR count). The van der Waals surface area contributed by atoms with Gasteiger partial charge in [0.05, 0.1) is 19.1 Å². The van der Waals surface area contributed by atoms with E-state index < -0.39 is 11.7 Å². The van der Waals surface area contributed by atoms with Crippen molar-refractivity contribution in [3.8, 4) is 5.75 Å². The summed E-state index contributed by atoms with van der Waals surface area (Å²) in [4.78, 5) is 15.6. The van der Waals surface area contributed by atoms with Crippen molar-refractivity contribution in [3.05, 3.63) is 59.0 Å². The predicted molar refractivity (Wildman–Crippen MR) is 111 cm³/mol. The van der Waals surface area contributed by atoms with Gasteiger partial charge in [-0.05, 0) is 48.1 Å². The molecule has 32 heavy (non-hydrogen) atoms. The van der Waals surface area contributed by atoms with E-state index in [-0.39, 0.29) is 24.9 Å². The first kappa shape index (κ1) is 22.2. The Kier molecular flexibility index (Phi) is 6.39. The molecular weight excluding hydrogens is 423 g/mol. The summed E-state index contributed by atoms with van der Waals surface area (Å²) in [5.74, 6) is 0.485. The van der Waals surface area contributed by atoms with Crippen LogP contribution in [0.2, 0.25) is 0 Å². The molecule has 1 aromatic heterocycles. The van der Waals surface area contributed by atoms with E-state index in [4.69, 9.17) is 9.15 Å². The minimum absolute atomic E-state index is 0.00285. The van der Waals surface area contributed by atoms with Crippen molar-refractivity contribution in [2.24, 2.45) is 0 Å². The molecule has 0 aliphatic heterocycles. The van der Waals surface area contributed by atoms with Gasteiger partial charge in [0, 0.05) is 12.5 Å². The molecule has 1 fully saturated rings. The van der Waals surface area contributed by atoms with Gasteiger partial charge in [-0.15, -0.1) is 0 Å². The second kappa shape index (κ2) is 9.22. The molecule has 1 aliphatic carbocycles. The number of fused-ring (bicyclic) bond motifs is 1. The molecule has 2 aromatic carbocycles. The van der Waals surface area contributed by atoms with Crippen molar-refractivity contribution in [3.63, 3.8) is 0 Å². The number of hydrogen-bond donors (Lipinski definition) is 0. The lowest BCUT2D eigenvalue weighted by atomic mass is 9.91. The minimum Gasteiger partial charge on any atom is -0.489 e. The van der Waals surface area contributed by atoms with E-state index in [0.717, 1.165) is 25.7 Å². The van der Waals surface area contributed by atoms with Crippen molar-refractivity contribution >= 4 is 17.1 Å². The van der Waals surface area contributed by atoms with Crippen molar-refractivity contribution in [2.75, 3.05) is 7.11 Å². The fourth-order valence-corrected chi connectivity index (χ4v) is 4.16. The van der Waals surface area contributed by atoms with Gasteiger partial charge < -0.3 is 13.9 Å². The molecule has 5 nitrogen and oxygen atoms in total. The highest BCUT2D eigenvalue weighted by Gasteiger charge is 2.36. The number of rotatable bonds is 7. The lowest BCUT2D eigenvalue weighted by Gasteiger charge is -2.19. The number of methoxy groups -OCH3 is 1. The molecule has 1 aliphatic rings. The molecule has 0 saturated heterocycles. The molecule has 1 saturated carbocycles. The lowest BCUT2D eigenvalue weighted by Crippen LogP contribution is -2.12. The van der Waals surface area contributed by atoms with E-state index in [0.29, 0.717) is 40.3 Å². The van der Waals surface area contributed by atoms with E-state index in [1.807, 2.05) is 0 Å². The monoisotopic (exact) mass is 447 g/mol. The van der Waals surface area contributed by atoms with Gasteiger partial charge in [-0.2, -0.15) is 13.2 Å². The van der Waals surface area contributed by atoms with E-state index in [1.165, 1.54) is 13.2 Å². The molecule has 0 spiro atoms. The average Bonchev–Trinajstić information content (AvgIpc) is 3.44. The lowest BCUT2D eigenvalue weighted by molar-refractivity contribution is -0.140. The third-order valence-corrected chi connectivity index (χ3v) is 5.80. The Morgan fingerprint density at radius 3 is 2.66 bits per heavy atom. The maximum Gasteiger partial charge on any atom is 0.416 e. The summed E-state index contributed by atoms with van der Waals surface area (Å²) in [7, 11) is 1.32. The van der Waals surface area contributed by atoms with Gasteiger partial charge in [-0.1, -0.05) is 25.0 Å². The third kappa shape index (κ3) is 5.06. The first-order chi connectivity index (χ1) is 15.3. The maximum atomic E-state index is 13.7. The zero-order valence-electron chi connectivity index (χ0n) is 17.7. The Morgan fingerprint density at radius 1 is 1.16 bits per heavy atom. The van der Waals surface area contributed by atoms with Crippen LogP contribution in [0.5, 0.6) is 5.75 Å². The summed E-state index contributed by atoms with van der Waals surface area (Å²) < 4.78 is 57.0. The topological polar surface area (TPSA) is 61.6 Å². The first-order valence-corrected chi connectivity index (χ1v) is 10.6. The number of carbonyl (C=O) groups is 1. The van der Waals surface area contributed by atoms with Gasteiger partial charge >= 0.3 is 12.1 Å². The number of hydrogen-bond acceptors (Lipinski definition) is 5. The van der Waals surface area contributed by atoms with E-state index >= 15 is 0 Å². The zero-order chi connectivity index (χ0) is 22.7. The fraction of sp³-hybridized carbons (Fsp3) is 0.417. The van der Waals surface area contributed by atoms with Crippen LogP contribution in [0.1, 0.15) is 60.6 Å². The largest absolute Gasteiger partial charge is 0.489 e. The Balaban J connectivity index is 1.47. The number of oxazole rings is 1. The smallest absolute Gasteiger partial charge is 0.416 e. The summed E-state index contributed by atoms with van der Waals surface area (Å²) in [6.07, 6.45) is -0.373. The number of aromatic nitrogens is 1. The first-order valence-electron chi connectivity index (χ1n) is 10.6. The Morgan fingerprint density at radius 2 is 1.94 bits per heavy atom. The second-order valence-electron chi connectivity index (χ2n) is 8.00. The number of alkyl halides is 3. The average molecular weight is 447 g/mol. The van der Waals surface area contributed by atoms with Gasteiger partial charge in [-0.3, -0.25) is 4.79 Å². The number of esters is 1. The number of carbonyl (C=O) groups excluding carboxylic acids is 1. The normalized spacial score (nSPS) is 14.8. The molecule has 0 unspecified atom stereocenters. The Hall–Kier alpha value is -3.03. The minimum atomic E-state index is -4.40. The molecule has 0 bridgehead atoms. The summed E-state index contributed by atoms with van der Waals surface area (Å²) in [6.45, 7) is 0.00285. The SMILES string of the molecule is COC(=O)CCc1nc2ccc(OCc3ccc(C4CCCC4)c(C(F)(F)F)c3)cc2o1. The standard InChI is InChI=1S/C24H24F3NO4/c1-30-23(29)11-10-22-28-20-9-7-17(13-21(20)32-22)31-14-15-6-8-18(16-4-2-3-5-16)19(12-15)24(25,26)27/h6-9,12-13,16H,2-5,10-11,14H2,1H3. The molecule has 3 aromatic rings. The van der Waals surface area contributed by atoms with Gasteiger partial charge in [0.15, 0.2) is 11.5 Å². The van der Waals surface area contributed by atoms with E-state index in [1.54, 1.807) is 30.3 Å². The number of benzene rings is 2. The zero-order valence-corrected chi connectivity index (χ0v) is 17.7. The van der Waals surface area contributed by atoms with Crippen LogP contribution >= 0.6 is 0 Å². The van der Waals surface area contributed by atoms with Crippen LogP contribution in [0.25, 0.3) is 11.1 Å². The quantitative estimate of drug-likeness (QED) is 0.404. The number of halogens is 3. The molecule has 0 atom stereocenters. The highest BCUT2D eigenvalue weighted by atomic mass is 19.4. The van der Waals surface area contributed by atoms with Crippen LogP contribution in [0.3, 0.4) is 0 Å². The summed E-state index contributed by atoms with van der Waals surface area (Å²) >= 11 is 0. The van der Waals surface area contributed by atoms with Gasteiger partial charge in [0.25, 0.3) is 0 Å². The number of nitrogens with zero attached hydrogens (tertiary/aromatic N) is 1. The molecule has 0 amide bonds. The molecule has 8 heteroatoms. The number of aryl methyl sites for hydroxylation is 1. The van der Waals surface area contributed by atoms with Crippen LogP contribution in [0, 0.1) is 0 Å². The summed E-state index contributed by atoms with van der Waals surface area (Å²) in [5.41, 5.74) is 1.37. The van der Waals surface area contributed by atoms with Crippen LogP contribution < -0.4 is 4.74 Å². The molecule has 0 N–H and O–H groups in total. The van der Waals surface area contributed by atoms with Crippen LogP contribution in [-0.4, -0.2) is 18.1 Å². The highest BCUT2D eigenvalue weighted by Crippen LogP contribution is 2.42. The molecule has 0 radical (unpaired) electrons. The van der Waals surface area contributed by atoms with Crippen molar-refractivity contribution in [1.29, 1.82) is 0 Å². The summed E-state index contributed by atoms with van der Waals surface area (Å²) in [6, 6.07) is 9.55. The van der Waals surface area contributed by atoms with Crippen molar-refractivity contribution in [2.45, 2.75) is 57.2 Å². The van der Waals surface area contributed by atoms with Crippen LogP contribution in [0.15, 0.2) is 40.8 Å². The fourth-order valence-electron chi connectivity index (χ4n) is 4.16. The Labute approximate surface area is 183 Å².